The van der Waals surface area contributed by atoms with Crippen molar-refractivity contribution in [3.63, 3.8) is 0 Å². The Morgan fingerprint density at radius 2 is 1.82 bits per heavy atom. The molecule has 0 bridgehead atoms. The molecule has 0 fully saturated rings. The Morgan fingerprint density at radius 3 is 2.36 bits per heavy atom. The van der Waals surface area contributed by atoms with Gasteiger partial charge in [0.1, 0.15) is 11.5 Å². The Balaban J connectivity index is 2.50. The first-order valence-electron chi connectivity index (χ1n) is 7.03. The van der Waals surface area contributed by atoms with E-state index in [9.17, 15) is 9.59 Å². The third-order valence-electron chi connectivity index (χ3n) is 4.00. The highest BCUT2D eigenvalue weighted by Gasteiger charge is 2.37. The van der Waals surface area contributed by atoms with E-state index >= 15 is 0 Å². The minimum atomic E-state index is -1.08. The van der Waals surface area contributed by atoms with Gasteiger partial charge in [-0.3, -0.25) is 4.79 Å². The van der Waals surface area contributed by atoms with Gasteiger partial charge in [-0.05, 0) is 43.9 Å². The maximum atomic E-state index is 11.3. The lowest BCUT2D eigenvalue weighted by atomic mass is 9.91. The predicted octanol–water partition coefficient (Wildman–Crippen LogP) is 3.95. The summed E-state index contributed by atoms with van der Waals surface area (Å²) in [5.41, 5.74) is 2.62. The van der Waals surface area contributed by atoms with Gasteiger partial charge in [-0.15, -0.1) is 0 Å². The Hall–Kier alpha value is -1.75. The van der Waals surface area contributed by atoms with Crippen molar-refractivity contribution in [2.45, 2.75) is 53.2 Å². The van der Waals surface area contributed by atoms with E-state index in [0.717, 1.165) is 22.3 Å². The van der Waals surface area contributed by atoms with Crippen LogP contribution in [-0.2, 0) is 16.0 Å². The molecule has 1 aliphatic heterocycles. The van der Waals surface area contributed by atoms with Crippen molar-refractivity contribution >= 4 is 23.0 Å². The Morgan fingerprint density at radius 1 is 1.18 bits per heavy atom. The average Bonchev–Trinajstić information content (AvgIpc) is 2.39. The van der Waals surface area contributed by atoms with Crippen molar-refractivity contribution in [2.24, 2.45) is 0 Å². The van der Waals surface area contributed by atoms with E-state index in [-0.39, 0.29) is 5.97 Å². The highest BCUT2D eigenvalue weighted by atomic mass is 35.5. The van der Waals surface area contributed by atoms with Gasteiger partial charge in [0.15, 0.2) is 0 Å². The minimum absolute atomic E-state index is 0.358. The number of esters is 1. The van der Waals surface area contributed by atoms with Crippen LogP contribution in [-0.4, -0.2) is 17.2 Å². The molecule has 1 aromatic rings. The standard InChI is InChI=1S/C16H19ClO5/c1-8-9(2)14-12(10(3)13(8)20-11(4)18)6-7-16(5,21-14)22-15(17)19/h6-7H2,1-5H3. The Labute approximate surface area is 134 Å². The van der Waals surface area contributed by atoms with Gasteiger partial charge in [0.2, 0.25) is 0 Å². The van der Waals surface area contributed by atoms with Crippen LogP contribution in [0.2, 0.25) is 0 Å². The van der Waals surface area contributed by atoms with Crippen molar-refractivity contribution in [3.8, 4) is 11.5 Å². The smallest absolute Gasteiger partial charge is 0.407 e. The lowest BCUT2D eigenvalue weighted by Gasteiger charge is -2.36. The number of rotatable bonds is 2. The number of benzene rings is 1. The van der Waals surface area contributed by atoms with Gasteiger partial charge < -0.3 is 14.2 Å². The molecule has 0 N–H and O–H groups in total. The van der Waals surface area contributed by atoms with E-state index in [1.165, 1.54) is 6.92 Å². The van der Waals surface area contributed by atoms with Crippen LogP contribution in [0.25, 0.3) is 0 Å². The van der Waals surface area contributed by atoms with Gasteiger partial charge in [0.05, 0.1) is 0 Å². The van der Waals surface area contributed by atoms with Gasteiger partial charge >= 0.3 is 11.4 Å². The summed E-state index contributed by atoms with van der Waals surface area (Å²) in [6, 6.07) is 0. The van der Waals surface area contributed by atoms with Crippen molar-refractivity contribution in [1.29, 1.82) is 0 Å². The molecule has 0 spiro atoms. The molecule has 2 rings (SSSR count). The molecule has 1 atom stereocenters. The fourth-order valence-corrected chi connectivity index (χ4v) is 2.92. The number of carbonyl (C=O) groups excluding carboxylic acids is 2. The maximum Gasteiger partial charge on any atom is 0.407 e. The maximum absolute atomic E-state index is 11.3. The number of ether oxygens (including phenoxy) is 3. The first kappa shape index (κ1) is 16.6. The summed E-state index contributed by atoms with van der Waals surface area (Å²) >= 11 is 5.31. The number of carbonyl (C=O) groups is 2. The largest absolute Gasteiger partial charge is 0.452 e. The molecule has 0 saturated carbocycles. The summed E-state index contributed by atoms with van der Waals surface area (Å²) in [6.07, 6.45) is 1.11. The van der Waals surface area contributed by atoms with Crippen molar-refractivity contribution in [3.05, 3.63) is 22.3 Å². The van der Waals surface area contributed by atoms with Crippen molar-refractivity contribution in [2.75, 3.05) is 0 Å². The topological polar surface area (TPSA) is 61.8 Å². The predicted molar refractivity (Wildman–Crippen MR) is 81.7 cm³/mol. The SMILES string of the molecule is CC(=O)Oc1c(C)c(C)c2c(c1C)CCC(C)(OC(=O)Cl)O2. The van der Waals surface area contributed by atoms with Gasteiger partial charge in [-0.2, -0.15) is 0 Å². The number of fused-ring (bicyclic) bond motifs is 1. The molecule has 1 aromatic carbocycles. The second kappa shape index (κ2) is 5.80. The third-order valence-corrected chi connectivity index (χ3v) is 4.08. The summed E-state index contributed by atoms with van der Waals surface area (Å²) in [4.78, 5) is 22.3. The minimum Gasteiger partial charge on any atom is -0.452 e. The molecule has 1 unspecified atom stereocenters. The van der Waals surface area contributed by atoms with E-state index in [1.54, 1.807) is 6.92 Å². The van der Waals surface area contributed by atoms with Crippen molar-refractivity contribution < 1.29 is 23.8 Å². The first-order valence-corrected chi connectivity index (χ1v) is 7.41. The van der Waals surface area contributed by atoms with Crippen LogP contribution in [0, 0.1) is 20.8 Å². The van der Waals surface area contributed by atoms with Gasteiger partial charge in [0.25, 0.3) is 5.79 Å². The van der Waals surface area contributed by atoms with Crippen molar-refractivity contribution in [1.82, 2.24) is 0 Å². The van der Waals surface area contributed by atoms with Crippen LogP contribution in [0.15, 0.2) is 0 Å². The summed E-state index contributed by atoms with van der Waals surface area (Å²) in [5, 5.41) is 0. The lowest BCUT2D eigenvalue weighted by molar-refractivity contribution is -0.133. The van der Waals surface area contributed by atoms with E-state index in [2.05, 4.69) is 0 Å². The molecule has 0 aromatic heterocycles. The zero-order chi connectivity index (χ0) is 16.7. The molecule has 0 saturated heterocycles. The second-order valence-corrected chi connectivity index (χ2v) is 5.99. The first-order chi connectivity index (χ1) is 10.1. The normalized spacial score (nSPS) is 19.9. The van der Waals surface area contributed by atoms with E-state index < -0.39 is 11.2 Å². The number of hydrogen-bond acceptors (Lipinski definition) is 5. The van der Waals surface area contributed by atoms with Gasteiger partial charge in [0, 0.05) is 37.4 Å². The summed E-state index contributed by atoms with van der Waals surface area (Å²) in [7, 11) is 0. The summed E-state index contributed by atoms with van der Waals surface area (Å²) in [6.45, 7) is 8.70. The Kier molecular flexibility index (Phi) is 4.38. The summed E-state index contributed by atoms with van der Waals surface area (Å²) < 4.78 is 16.3. The fraction of sp³-hybridized carbons (Fsp3) is 0.500. The van der Waals surface area contributed by atoms with Gasteiger partial charge in [-0.25, -0.2) is 4.79 Å². The van der Waals surface area contributed by atoms with E-state index in [4.69, 9.17) is 25.8 Å². The molecular weight excluding hydrogens is 308 g/mol. The van der Waals surface area contributed by atoms with Crippen LogP contribution in [0.1, 0.15) is 42.5 Å². The molecule has 120 valence electrons. The second-order valence-electron chi connectivity index (χ2n) is 5.68. The summed E-state index contributed by atoms with van der Waals surface area (Å²) in [5.74, 6) is -0.204. The third kappa shape index (κ3) is 3.04. The van der Waals surface area contributed by atoms with E-state index in [1.807, 2.05) is 20.8 Å². The van der Waals surface area contributed by atoms with Crippen LogP contribution in [0.5, 0.6) is 11.5 Å². The number of hydrogen-bond donors (Lipinski definition) is 0. The van der Waals surface area contributed by atoms with E-state index in [0.29, 0.717) is 24.3 Å². The average molecular weight is 327 g/mol. The van der Waals surface area contributed by atoms with Crippen LogP contribution in [0.3, 0.4) is 0 Å². The highest BCUT2D eigenvalue weighted by Crippen LogP contribution is 2.44. The zero-order valence-corrected chi connectivity index (χ0v) is 14.1. The monoisotopic (exact) mass is 326 g/mol. The highest BCUT2D eigenvalue weighted by molar-refractivity contribution is 6.61. The molecule has 6 heteroatoms. The molecule has 0 aliphatic carbocycles. The Bertz CT molecular complexity index is 653. The molecule has 5 nitrogen and oxygen atoms in total. The molecule has 0 radical (unpaired) electrons. The molecule has 22 heavy (non-hydrogen) atoms. The fourth-order valence-electron chi connectivity index (χ4n) is 2.75. The van der Waals surface area contributed by atoms with Crippen LogP contribution >= 0.6 is 11.6 Å². The molecule has 0 amide bonds. The lowest BCUT2D eigenvalue weighted by Crippen LogP contribution is -2.40. The van der Waals surface area contributed by atoms with Crippen LogP contribution < -0.4 is 9.47 Å². The molecule has 1 aliphatic rings. The quantitative estimate of drug-likeness (QED) is 0.468. The zero-order valence-electron chi connectivity index (χ0n) is 13.3. The molecule has 1 heterocycles. The van der Waals surface area contributed by atoms with Crippen LogP contribution in [0.4, 0.5) is 4.79 Å². The molecular formula is C16H19ClO5. The van der Waals surface area contributed by atoms with Gasteiger partial charge in [-0.1, -0.05) is 0 Å². The number of halogens is 1.